The van der Waals surface area contributed by atoms with Gasteiger partial charge in [-0.1, -0.05) is 24.3 Å². The Morgan fingerprint density at radius 1 is 0.969 bits per heavy atom. The Bertz CT molecular complexity index is 1200. The van der Waals surface area contributed by atoms with Gasteiger partial charge in [-0.05, 0) is 30.3 Å². The quantitative estimate of drug-likeness (QED) is 0.597. The maximum Gasteiger partial charge on any atom is 0.245 e. The molecule has 4 heterocycles. The highest BCUT2D eigenvalue weighted by molar-refractivity contribution is 7.89. The van der Waals surface area contributed by atoms with E-state index in [1.165, 1.54) is 16.4 Å². The summed E-state index contributed by atoms with van der Waals surface area (Å²) < 4.78 is 49.1. The third-order valence-corrected chi connectivity index (χ3v) is 7.80. The van der Waals surface area contributed by atoms with E-state index in [2.05, 4.69) is 15.0 Å². The average molecular weight is 456 g/mol. The second kappa shape index (κ2) is 8.19. The van der Waals surface area contributed by atoms with Crippen LogP contribution < -0.4 is 4.90 Å². The molecule has 3 aromatic rings. The minimum absolute atomic E-state index is 0.0769. The molecule has 2 atom stereocenters. The van der Waals surface area contributed by atoms with E-state index in [9.17, 15) is 8.42 Å². The van der Waals surface area contributed by atoms with Crippen molar-refractivity contribution in [3.63, 3.8) is 0 Å². The molecule has 0 amide bonds. The molecule has 32 heavy (non-hydrogen) atoms. The zero-order valence-corrected chi connectivity index (χ0v) is 18.0. The lowest BCUT2D eigenvalue weighted by Crippen LogP contribution is -2.62. The Kier molecular flexibility index (Phi) is 5.36. The SMILES string of the molecule is O=S(=O)(c1ccccc1)N1CCOC12CCN(c1nccc(-c3ccccn3)n1)CC2F. The van der Waals surface area contributed by atoms with Crippen LogP contribution in [0.15, 0.2) is 71.9 Å². The van der Waals surface area contributed by atoms with Gasteiger partial charge in [0.15, 0.2) is 11.9 Å². The van der Waals surface area contributed by atoms with E-state index in [0.29, 0.717) is 23.9 Å². The molecule has 0 radical (unpaired) electrons. The van der Waals surface area contributed by atoms with Crippen LogP contribution in [0, 0.1) is 0 Å². The van der Waals surface area contributed by atoms with Gasteiger partial charge in [-0.15, -0.1) is 0 Å². The van der Waals surface area contributed by atoms with E-state index in [-0.39, 0.29) is 31.0 Å². The van der Waals surface area contributed by atoms with Gasteiger partial charge in [-0.3, -0.25) is 4.98 Å². The number of nitrogens with zero attached hydrogens (tertiary/aromatic N) is 5. The molecule has 0 aliphatic carbocycles. The van der Waals surface area contributed by atoms with Gasteiger partial charge in [0.25, 0.3) is 0 Å². The number of sulfonamides is 1. The number of hydrogen-bond donors (Lipinski definition) is 0. The minimum Gasteiger partial charge on any atom is -0.355 e. The number of piperidine rings is 1. The molecule has 0 saturated carbocycles. The van der Waals surface area contributed by atoms with E-state index in [1.807, 2.05) is 18.2 Å². The Morgan fingerprint density at radius 3 is 2.53 bits per heavy atom. The fourth-order valence-electron chi connectivity index (χ4n) is 4.27. The van der Waals surface area contributed by atoms with Gasteiger partial charge in [0, 0.05) is 31.9 Å². The second-order valence-corrected chi connectivity index (χ2v) is 9.57. The van der Waals surface area contributed by atoms with Crippen LogP contribution in [0.5, 0.6) is 0 Å². The largest absolute Gasteiger partial charge is 0.355 e. The standard InChI is InChI=1S/C22H22FN5O3S/c23-20-16-27(21-25-12-9-19(26-21)18-8-4-5-11-24-18)13-10-22(20)28(14-15-31-22)32(29,30)17-6-2-1-3-7-17/h1-9,11-12,20H,10,13-16H2. The molecule has 2 aliphatic heterocycles. The van der Waals surface area contributed by atoms with Crippen LogP contribution in [0.4, 0.5) is 10.3 Å². The molecule has 2 saturated heterocycles. The number of benzene rings is 1. The van der Waals surface area contributed by atoms with Gasteiger partial charge >= 0.3 is 0 Å². The summed E-state index contributed by atoms with van der Waals surface area (Å²) in [5.41, 5.74) is -0.193. The Morgan fingerprint density at radius 2 is 1.78 bits per heavy atom. The van der Waals surface area contributed by atoms with Crippen molar-refractivity contribution in [2.24, 2.45) is 0 Å². The molecule has 166 valence electrons. The summed E-state index contributed by atoms with van der Waals surface area (Å²) in [4.78, 5) is 15.0. The van der Waals surface area contributed by atoms with Crippen molar-refractivity contribution in [1.29, 1.82) is 0 Å². The third kappa shape index (κ3) is 3.54. The van der Waals surface area contributed by atoms with Crippen LogP contribution in [0.25, 0.3) is 11.4 Å². The topological polar surface area (TPSA) is 88.5 Å². The van der Waals surface area contributed by atoms with E-state index in [1.54, 1.807) is 41.6 Å². The molecule has 2 aliphatic rings. The number of aromatic nitrogens is 3. The van der Waals surface area contributed by atoms with Gasteiger partial charge in [0.2, 0.25) is 16.0 Å². The summed E-state index contributed by atoms with van der Waals surface area (Å²) >= 11 is 0. The molecule has 5 rings (SSSR count). The van der Waals surface area contributed by atoms with Crippen molar-refractivity contribution < 1.29 is 17.5 Å². The fourth-order valence-corrected chi connectivity index (χ4v) is 6.01. The molecule has 2 fully saturated rings. The van der Waals surface area contributed by atoms with Gasteiger partial charge in [-0.25, -0.2) is 22.8 Å². The highest BCUT2D eigenvalue weighted by atomic mass is 32.2. The number of pyridine rings is 1. The van der Waals surface area contributed by atoms with Crippen LogP contribution >= 0.6 is 0 Å². The molecular formula is C22H22FN5O3S. The predicted octanol–water partition coefficient (Wildman–Crippen LogP) is 2.50. The van der Waals surface area contributed by atoms with E-state index < -0.39 is 21.9 Å². The fraction of sp³-hybridized carbons (Fsp3) is 0.318. The van der Waals surface area contributed by atoms with E-state index in [4.69, 9.17) is 4.74 Å². The number of ether oxygens (including phenoxy) is 1. The van der Waals surface area contributed by atoms with Crippen molar-refractivity contribution in [1.82, 2.24) is 19.3 Å². The number of anilines is 1. The first kappa shape index (κ1) is 20.9. The van der Waals surface area contributed by atoms with Gasteiger partial charge < -0.3 is 9.64 Å². The van der Waals surface area contributed by atoms with Crippen molar-refractivity contribution in [3.8, 4) is 11.4 Å². The number of halogens is 1. The Labute approximate surface area is 185 Å². The minimum atomic E-state index is -3.89. The molecule has 2 aromatic heterocycles. The number of hydrogen-bond acceptors (Lipinski definition) is 7. The monoisotopic (exact) mass is 455 g/mol. The lowest BCUT2D eigenvalue weighted by Gasteiger charge is -2.44. The third-order valence-electron chi connectivity index (χ3n) is 5.86. The van der Waals surface area contributed by atoms with Crippen molar-refractivity contribution >= 4 is 16.0 Å². The van der Waals surface area contributed by atoms with Crippen LogP contribution in [-0.4, -0.2) is 65.8 Å². The lowest BCUT2D eigenvalue weighted by molar-refractivity contribution is -0.116. The van der Waals surface area contributed by atoms with Crippen molar-refractivity contribution in [2.75, 3.05) is 31.1 Å². The molecule has 0 N–H and O–H groups in total. The highest BCUT2D eigenvalue weighted by Gasteiger charge is 2.57. The lowest BCUT2D eigenvalue weighted by atomic mass is 9.99. The second-order valence-electron chi connectivity index (χ2n) is 7.70. The van der Waals surface area contributed by atoms with Crippen LogP contribution in [0.2, 0.25) is 0 Å². The zero-order chi connectivity index (χ0) is 22.2. The molecule has 8 nitrogen and oxygen atoms in total. The number of rotatable bonds is 4. The van der Waals surface area contributed by atoms with Gasteiger partial charge in [0.1, 0.15) is 0 Å². The van der Waals surface area contributed by atoms with Crippen LogP contribution in [0.1, 0.15) is 6.42 Å². The predicted molar refractivity (Wildman–Crippen MR) is 116 cm³/mol. The first-order valence-corrected chi connectivity index (χ1v) is 11.8. The van der Waals surface area contributed by atoms with Crippen molar-refractivity contribution in [2.45, 2.75) is 23.2 Å². The van der Waals surface area contributed by atoms with Crippen LogP contribution in [-0.2, 0) is 14.8 Å². The Hall–Kier alpha value is -2.95. The normalized spacial score (nSPS) is 24.2. The van der Waals surface area contributed by atoms with Crippen LogP contribution in [0.3, 0.4) is 0 Å². The summed E-state index contributed by atoms with van der Waals surface area (Å²) in [5, 5.41) is 0. The van der Waals surface area contributed by atoms with E-state index >= 15 is 4.39 Å². The molecule has 0 bridgehead atoms. The summed E-state index contributed by atoms with van der Waals surface area (Å²) in [5.74, 6) is 0.376. The van der Waals surface area contributed by atoms with E-state index in [0.717, 1.165) is 0 Å². The molecule has 2 unspecified atom stereocenters. The first-order valence-electron chi connectivity index (χ1n) is 10.4. The molecule has 1 aromatic carbocycles. The maximum atomic E-state index is 15.7. The Balaban J connectivity index is 1.40. The molecule has 10 heteroatoms. The maximum absolute atomic E-state index is 15.7. The number of alkyl halides is 1. The zero-order valence-electron chi connectivity index (χ0n) is 17.2. The van der Waals surface area contributed by atoms with Crippen molar-refractivity contribution in [3.05, 3.63) is 67.0 Å². The first-order chi connectivity index (χ1) is 15.5. The average Bonchev–Trinajstić information content (AvgIpc) is 3.28. The molecule has 1 spiro atoms. The van der Waals surface area contributed by atoms with Gasteiger partial charge in [-0.2, -0.15) is 4.31 Å². The summed E-state index contributed by atoms with van der Waals surface area (Å²) in [6.45, 7) is 0.542. The smallest absolute Gasteiger partial charge is 0.245 e. The summed E-state index contributed by atoms with van der Waals surface area (Å²) in [7, 11) is -3.89. The molecular weight excluding hydrogens is 433 g/mol. The summed E-state index contributed by atoms with van der Waals surface area (Å²) in [6, 6.07) is 15.3. The summed E-state index contributed by atoms with van der Waals surface area (Å²) in [6.07, 6.45) is 1.89. The van der Waals surface area contributed by atoms with Gasteiger partial charge in [0.05, 0.1) is 29.4 Å². The highest BCUT2D eigenvalue weighted by Crippen LogP contribution is 2.40.